The molecule has 0 atom stereocenters. The maximum atomic E-state index is 13.0. The predicted molar refractivity (Wildman–Crippen MR) is 81.7 cm³/mol. The minimum atomic E-state index is -4.65. The number of nitrogens with two attached hydrogens (primary N) is 1. The number of amides is 1. The first-order valence-electron chi connectivity index (χ1n) is 7.05. The van der Waals surface area contributed by atoms with Gasteiger partial charge in [-0.05, 0) is 19.9 Å². The van der Waals surface area contributed by atoms with Gasteiger partial charge in [0.15, 0.2) is 5.82 Å². The van der Waals surface area contributed by atoms with Crippen LogP contribution >= 0.6 is 0 Å². The molecule has 8 nitrogen and oxygen atoms in total. The van der Waals surface area contributed by atoms with Crippen LogP contribution in [0.5, 0.6) is 5.88 Å². The van der Waals surface area contributed by atoms with Gasteiger partial charge in [-0.2, -0.15) is 13.2 Å². The Labute approximate surface area is 140 Å². The number of ether oxygens (including phenoxy) is 1. The van der Waals surface area contributed by atoms with E-state index in [4.69, 9.17) is 10.6 Å². The number of alkyl halides is 3. The Hall–Kier alpha value is -2.95. The van der Waals surface area contributed by atoms with Gasteiger partial charge in [-0.15, -0.1) is 5.10 Å². The van der Waals surface area contributed by atoms with Crippen LogP contribution in [-0.4, -0.2) is 31.8 Å². The first kappa shape index (κ1) is 18.4. The number of nitrogens with zero attached hydrogens (tertiary/aromatic N) is 4. The summed E-state index contributed by atoms with van der Waals surface area (Å²) in [6.45, 7) is 3.34. The number of pyridine rings is 1. The van der Waals surface area contributed by atoms with E-state index in [1.165, 1.54) is 18.6 Å². The van der Waals surface area contributed by atoms with Crippen molar-refractivity contribution in [3.8, 4) is 17.3 Å². The Kier molecular flexibility index (Phi) is 5.37. The lowest BCUT2D eigenvalue weighted by molar-refractivity contribution is -0.141. The fourth-order valence-electron chi connectivity index (χ4n) is 1.75. The molecule has 0 saturated carbocycles. The summed E-state index contributed by atoms with van der Waals surface area (Å²) in [6, 6.07) is 2.13. The Morgan fingerprint density at radius 1 is 1.40 bits per heavy atom. The zero-order valence-corrected chi connectivity index (χ0v) is 13.3. The average Bonchev–Trinajstić information content (AvgIpc) is 2.99. The summed E-state index contributed by atoms with van der Waals surface area (Å²) in [6.07, 6.45) is -1.44. The van der Waals surface area contributed by atoms with E-state index in [2.05, 4.69) is 15.1 Å². The first-order chi connectivity index (χ1) is 11.7. The molecule has 134 valence electrons. The van der Waals surface area contributed by atoms with Crippen LogP contribution in [0, 0.1) is 0 Å². The molecule has 0 bridgehead atoms. The molecule has 11 heteroatoms. The van der Waals surface area contributed by atoms with Crippen molar-refractivity contribution in [2.24, 2.45) is 5.84 Å². The molecule has 2 rings (SSSR count). The third kappa shape index (κ3) is 5.01. The monoisotopic (exact) mass is 356 g/mol. The van der Waals surface area contributed by atoms with Gasteiger partial charge in [0.05, 0.1) is 6.10 Å². The fourth-order valence-corrected chi connectivity index (χ4v) is 1.75. The van der Waals surface area contributed by atoms with E-state index in [1.807, 2.05) is 5.43 Å². The molecule has 0 aliphatic heterocycles. The number of hydrogen-bond acceptors (Lipinski definition) is 6. The summed E-state index contributed by atoms with van der Waals surface area (Å²) in [5, 5.41) is 3.98. The molecular formula is C14H15F3N6O2. The van der Waals surface area contributed by atoms with Crippen molar-refractivity contribution in [1.29, 1.82) is 0 Å². The second-order valence-electron chi connectivity index (χ2n) is 5.12. The smallest absolute Gasteiger partial charge is 0.433 e. The number of halogens is 3. The molecule has 1 amide bonds. The molecule has 2 heterocycles. The Morgan fingerprint density at radius 3 is 2.72 bits per heavy atom. The van der Waals surface area contributed by atoms with Crippen molar-refractivity contribution in [2.45, 2.75) is 26.1 Å². The zero-order chi connectivity index (χ0) is 18.6. The van der Waals surface area contributed by atoms with Crippen LogP contribution in [0.4, 0.5) is 13.2 Å². The molecule has 25 heavy (non-hydrogen) atoms. The van der Waals surface area contributed by atoms with Crippen molar-refractivity contribution >= 4 is 12.1 Å². The van der Waals surface area contributed by atoms with Crippen molar-refractivity contribution in [3.05, 3.63) is 30.2 Å². The molecule has 0 spiro atoms. The topological polar surface area (TPSA) is 108 Å². The molecule has 3 N–H and O–H groups in total. The highest BCUT2D eigenvalue weighted by atomic mass is 19.4. The van der Waals surface area contributed by atoms with Crippen LogP contribution in [0.15, 0.2) is 24.5 Å². The molecular weight excluding hydrogens is 341 g/mol. The number of hydrazine groups is 1. The largest absolute Gasteiger partial charge is 0.475 e. The zero-order valence-electron chi connectivity index (χ0n) is 13.3. The van der Waals surface area contributed by atoms with Crippen LogP contribution in [0.3, 0.4) is 0 Å². The maximum Gasteiger partial charge on any atom is 0.433 e. The minimum Gasteiger partial charge on any atom is -0.475 e. The molecule has 0 fully saturated rings. The van der Waals surface area contributed by atoms with Crippen molar-refractivity contribution in [3.63, 3.8) is 0 Å². The van der Waals surface area contributed by atoms with Crippen LogP contribution in [0.1, 0.15) is 19.5 Å². The van der Waals surface area contributed by atoms with Gasteiger partial charge in [0.25, 0.3) is 5.91 Å². The lowest BCUT2D eigenvalue weighted by atomic mass is 10.2. The highest BCUT2D eigenvalue weighted by Crippen LogP contribution is 2.32. The van der Waals surface area contributed by atoms with Crippen LogP contribution in [0.25, 0.3) is 17.6 Å². The summed E-state index contributed by atoms with van der Waals surface area (Å²) in [5.74, 6) is 4.17. The lowest BCUT2D eigenvalue weighted by Crippen LogP contribution is -2.28. The lowest BCUT2D eigenvalue weighted by Gasteiger charge is -2.12. The highest BCUT2D eigenvalue weighted by molar-refractivity contribution is 5.89. The SMILES string of the molecule is CC(C)Oc1cc(-c2ncn(C=CC(=O)NN)n2)cc(C(F)(F)F)n1. The molecule has 0 saturated heterocycles. The molecule has 0 aliphatic carbocycles. The molecule has 2 aromatic rings. The van der Waals surface area contributed by atoms with Crippen LogP contribution in [-0.2, 0) is 11.0 Å². The molecule has 2 aromatic heterocycles. The standard InChI is InChI=1S/C14H15F3N6O2/c1-8(2)25-12-6-9(5-10(20-12)14(15,16)17)13-19-7-23(22-13)4-3-11(24)21-18/h3-8H,18H2,1-2H3,(H,21,24). The second kappa shape index (κ2) is 7.30. The summed E-state index contributed by atoms with van der Waals surface area (Å²) >= 11 is 0. The van der Waals surface area contributed by atoms with Crippen LogP contribution < -0.4 is 16.0 Å². The molecule has 0 unspecified atom stereocenters. The van der Waals surface area contributed by atoms with Crippen LogP contribution in [0.2, 0.25) is 0 Å². The average molecular weight is 356 g/mol. The minimum absolute atomic E-state index is 0.0133. The van der Waals surface area contributed by atoms with E-state index in [1.54, 1.807) is 13.8 Å². The summed E-state index contributed by atoms with van der Waals surface area (Å²) < 4.78 is 45.5. The number of rotatable bonds is 5. The van der Waals surface area contributed by atoms with Crippen molar-refractivity contribution < 1.29 is 22.7 Å². The van der Waals surface area contributed by atoms with Gasteiger partial charge < -0.3 is 4.74 Å². The van der Waals surface area contributed by atoms with Crippen molar-refractivity contribution in [2.75, 3.05) is 0 Å². The predicted octanol–water partition coefficient (Wildman–Crippen LogP) is 1.61. The van der Waals surface area contributed by atoms with Gasteiger partial charge in [-0.25, -0.2) is 20.5 Å². The van der Waals surface area contributed by atoms with E-state index >= 15 is 0 Å². The number of nitrogens with one attached hydrogen (secondary N) is 1. The Balaban J connectivity index is 2.39. The van der Waals surface area contributed by atoms with Gasteiger partial charge in [-0.1, -0.05) is 0 Å². The number of carbonyl (C=O) groups is 1. The van der Waals surface area contributed by atoms with E-state index in [0.29, 0.717) is 0 Å². The maximum absolute atomic E-state index is 13.0. The third-order valence-electron chi connectivity index (χ3n) is 2.74. The number of aromatic nitrogens is 4. The van der Waals surface area contributed by atoms with E-state index in [-0.39, 0.29) is 23.4 Å². The molecule has 0 radical (unpaired) electrons. The fraction of sp³-hybridized carbons (Fsp3) is 0.286. The van der Waals surface area contributed by atoms with E-state index < -0.39 is 17.8 Å². The quantitative estimate of drug-likeness (QED) is 0.365. The van der Waals surface area contributed by atoms with E-state index in [9.17, 15) is 18.0 Å². The third-order valence-corrected chi connectivity index (χ3v) is 2.74. The summed E-state index contributed by atoms with van der Waals surface area (Å²) in [5.41, 5.74) is 0.848. The van der Waals surface area contributed by atoms with Gasteiger partial charge in [0.1, 0.15) is 12.0 Å². The van der Waals surface area contributed by atoms with Gasteiger partial charge in [0, 0.05) is 23.9 Å². The molecule has 0 aliphatic rings. The van der Waals surface area contributed by atoms with Crippen molar-refractivity contribution in [1.82, 2.24) is 25.2 Å². The Bertz CT molecular complexity index is 785. The molecule has 0 aromatic carbocycles. The number of hydrogen-bond donors (Lipinski definition) is 2. The van der Waals surface area contributed by atoms with E-state index in [0.717, 1.165) is 16.8 Å². The normalized spacial score (nSPS) is 12.0. The summed E-state index contributed by atoms with van der Waals surface area (Å²) in [4.78, 5) is 18.4. The van der Waals surface area contributed by atoms with Gasteiger partial charge in [0.2, 0.25) is 5.88 Å². The first-order valence-corrected chi connectivity index (χ1v) is 7.05. The van der Waals surface area contributed by atoms with Gasteiger partial charge >= 0.3 is 6.18 Å². The second-order valence-corrected chi connectivity index (χ2v) is 5.12. The summed E-state index contributed by atoms with van der Waals surface area (Å²) in [7, 11) is 0. The Morgan fingerprint density at radius 2 is 2.12 bits per heavy atom. The van der Waals surface area contributed by atoms with Gasteiger partial charge in [-0.3, -0.25) is 10.2 Å². The highest BCUT2D eigenvalue weighted by Gasteiger charge is 2.34. The number of carbonyl (C=O) groups excluding carboxylic acids is 1.